The first kappa shape index (κ1) is 10.7. The van der Waals surface area contributed by atoms with Crippen LogP contribution in [0.3, 0.4) is 0 Å². The third-order valence-corrected chi connectivity index (χ3v) is 3.54. The summed E-state index contributed by atoms with van der Waals surface area (Å²) in [4.78, 5) is 0. The van der Waals surface area contributed by atoms with Crippen molar-refractivity contribution in [3.8, 4) is 0 Å². The summed E-state index contributed by atoms with van der Waals surface area (Å²) < 4.78 is 5.31. The predicted molar refractivity (Wildman–Crippen MR) is 61.6 cm³/mol. The molecule has 2 heteroatoms. The molecule has 1 heterocycles. The molecule has 0 aliphatic heterocycles. The molecule has 0 bridgehead atoms. The van der Waals surface area contributed by atoms with Crippen molar-refractivity contribution in [1.29, 1.82) is 0 Å². The van der Waals surface area contributed by atoms with Gasteiger partial charge in [0.05, 0.1) is 12.8 Å². The molecule has 84 valence electrons. The highest BCUT2D eigenvalue weighted by atomic mass is 16.3. The van der Waals surface area contributed by atoms with Gasteiger partial charge in [0.15, 0.2) is 0 Å². The Labute approximate surface area is 92.1 Å². The summed E-state index contributed by atoms with van der Waals surface area (Å²) in [6.07, 6.45) is 8.79. The molecule has 1 unspecified atom stereocenters. The Kier molecular flexibility index (Phi) is 3.84. The van der Waals surface area contributed by atoms with Gasteiger partial charge in [-0.3, -0.25) is 0 Å². The maximum Gasteiger partial charge on any atom is 0.117 e. The van der Waals surface area contributed by atoms with Crippen molar-refractivity contribution < 1.29 is 4.42 Å². The summed E-state index contributed by atoms with van der Waals surface area (Å²) in [6, 6.07) is 4.60. The minimum atomic E-state index is 0.621. The zero-order valence-electron chi connectivity index (χ0n) is 9.54. The number of furan rings is 1. The van der Waals surface area contributed by atoms with Crippen LogP contribution in [0.4, 0.5) is 0 Å². The van der Waals surface area contributed by atoms with Crippen LogP contribution in [0.2, 0.25) is 0 Å². The van der Waals surface area contributed by atoms with Crippen LogP contribution < -0.4 is 5.32 Å². The van der Waals surface area contributed by atoms with Gasteiger partial charge >= 0.3 is 0 Å². The van der Waals surface area contributed by atoms with Crippen LogP contribution in [0.5, 0.6) is 0 Å². The molecular formula is C13H21NO. The number of hydrogen-bond acceptors (Lipinski definition) is 2. The number of rotatable bonds is 4. The van der Waals surface area contributed by atoms with Crippen LogP contribution in [0.15, 0.2) is 22.8 Å². The molecule has 1 aromatic heterocycles. The van der Waals surface area contributed by atoms with Crippen LogP contribution in [0, 0.1) is 5.92 Å². The Morgan fingerprint density at radius 1 is 1.40 bits per heavy atom. The largest absolute Gasteiger partial charge is 0.468 e. The van der Waals surface area contributed by atoms with E-state index < -0.39 is 0 Å². The van der Waals surface area contributed by atoms with E-state index >= 15 is 0 Å². The lowest BCUT2D eigenvalue weighted by Gasteiger charge is -2.28. The van der Waals surface area contributed by atoms with E-state index in [1.54, 1.807) is 6.26 Å². The standard InChI is InChI=1S/C13H21NO/c1-11(12-6-3-2-4-7-12)14-10-13-8-5-9-15-13/h5,8-9,11-12,14H,2-4,6-7,10H2,1H3. The quantitative estimate of drug-likeness (QED) is 0.819. The lowest BCUT2D eigenvalue weighted by molar-refractivity contribution is 0.275. The Hall–Kier alpha value is -0.760. The second-order valence-corrected chi connectivity index (χ2v) is 4.65. The van der Waals surface area contributed by atoms with Crippen molar-refractivity contribution in [2.45, 2.75) is 51.6 Å². The van der Waals surface area contributed by atoms with E-state index in [-0.39, 0.29) is 0 Å². The first-order valence-electron chi connectivity index (χ1n) is 6.12. The van der Waals surface area contributed by atoms with Crippen molar-refractivity contribution in [2.75, 3.05) is 0 Å². The van der Waals surface area contributed by atoms with Crippen LogP contribution in [-0.4, -0.2) is 6.04 Å². The second kappa shape index (κ2) is 5.36. The molecule has 0 amide bonds. The van der Waals surface area contributed by atoms with Gasteiger partial charge in [0, 0.05) is 6.04 Å². The minimum Gasteiger partial charge on any atom is -0.468 e. The predicted octanol–water partition coefficient (Wildman–Crippen LogP) is 3.34. The number of hydrogen-bond donors (Lipinski definition) is 1. The molecule has 2 nitrogen and oxygen atoms in total. The summed E-state index contributed by atoms with van der Waals surface area (Å²) in [7, 11) is 0. The smallest absolute Gasteiger partial charge is 0.117 e. The molecule has 1 aliphatic carbocycles. The Balaban J connectivity index is 1.74. The highest BCUT2D eigenvalue weighted by molar-refractivity contribution is 4.97. The molecule has 0 saturated heterocycles. The van der Waals surface area contributed by atoms with Crippen molar-refractivity contribution in [3.05, 3.63) is 24.2 Å². The first-order chi connectivity index (χ1) is 7.36. The summed E-state index contributed by atoms with van der Waals surface area (Å²) >= 11 is 0. The molecule has 1 saturated carbocycles. The Morgan fingerprint density at radius 3 is 2.87 bits per heavy atom. The van der Waals surface area contributed by atoms with E-state index in [4.69, 9.17) is 4.42 Å². The summed E-state index contributed by atoms with van der Waals surface area (Å²) in [5.41, 5.74) is 0. The minimum absolute atomic E-state index is 0.621. The van der Waals surface area contributed by atoms with Crippen molar-refractivity contribution in [2.24, 2.45) is 5.92 Å². The topological polar surface area (TPSA) is 25.2 Å². The lowest BCUT2D eigenvalue weighted by Crippen LogP contribution is -2.34. The van der Waals surface area contributed by atoms with E-state index in [1.807, 2.05) is 12.1 Å². The van der Waals surface area contributed by atoms with Crippen LogP contribution in [0.25, 0.3) is 0 Å². The zero-order chi connectivity index (χ0) is 10.5. The molecular weight excluding hydrogens is 186 g/mol. The molecule has 15 heavy (non-hydrogen) atoms. The van der Waals surface area contributed by atoms with Gasteiger partial charge < -0.3 is 9.73 Å². The van der Waals surface area contributed by atoms with Gasteiger partial charge in [-0.15, -0.1) is 0 Å². The zero-order valence-corrected chi connectivity index (χ0v) is 9.54. The normalized spacial score (nSPS) is 20.3. The molecule has 0 aromatic carbocycles. The maximum atomic E-state index is 5.31. The fourth-order valence-electron chi connectivity index (χ4n) is 2.48. The monoisotopic (exact) mass is 207 g/mol. The fraction of sp³-hybridized carbons (Fsp3) is 0.692. The molecule has 0 spiro atoms. The van der Waals surface area contributed by atoms with Crippen LogP contribution in [0.1, 0.15) is 44.8 Å². The fourth-order valence-corrected chi connectivity index (χ4v) is 2.48. The van der Waals surface area contributed by atoms with Crippen LogP contribution in [-0.2, 0) is 6.54 Å². The number of nitrogens with one attached hydrogen (secondary N) is 1. The van der Waals surface area contributed by atoms with Gasteiger partial charge in [0.25, 0.3) is 0 Å². The van der Waals surface area contributed by atoms with E-state index in [9.17, 15) is 0 Å². The summed E-state index contributed by atoms with van der Waals surface area (Å²) in [5, 5.41) is 3.56. The summed E-state index contributed by atoms with van der Waals surface area (Å²) in [6.45, 7) is 3.17. The van der Waals surface area contributed by atoms with E-state index in [0.717, 1.165) is 18.2 Å². The van der Waals surface area contributed by atoms with Gasteiger partial charge in [-0.25, -0.2) is 0 Å². The average Bonchev–Trinajstić information content (AvgIpc) is 2.80. The highest BCUT2D eigenvalue weighted by Crippen LogP contribution is 2.26. The Morgan fingerprint density at radius 2 is 2.20 bits per heavy atom. The first-order valence-corrected chi connectivity index (χ1v) is 6.12. The van der Waals surface area contributed by atoms with E-state index in [1.165, 1.54) is 32.1 Å². The van der Waals surface area contributed by atoms with E-state index in [2.05, 4.69) is 12.2 Å². The van der Waals surface area contributed by atoms with Gasteiger partial charge in [0.2, 0.25) is 0 Å². The molecule has 1 N–H and O–H groups in total. The molecule has 2 rings (SSSR count). The molecule has 1 aromatic rings. The molecule has 1 fully saturated rings. The van der Waals surface area contributed by atoms with Crippen LogP contribution >= 0.6 is 0 Å². The van der Waals surface area contributed by atoms with E-state index in [0.29, 0.717) is 6.04 Å². The maximum absolute atomic E-state index is 5.31. The lowest BCUT2D eigenvalue weighted by atomic mass is 9.84. The average molecular weight is 207 g/mol. The molecule has 1 atom stereocenters. The van der Waals surface area contributed by atoms with Crippen molar-refractivity contribution >= 4 is 0 Å². The van der Waals surface area contributed by atoms with Crippen molar-refractivity contribution in [1.82, 2.24) is 5.32 Å². The molecule has 0 radical (unpaired) electrons. The third-order valence-electron chi connectivity index (χ3n) is 3.54. The molecule has 1 aliphatic rings. The van der Waals surface area contributed by atoms with Gasteiger partial charge in [-0.05, 0) is 37.8 Å². The highest BCUT2D eigenvalue weighted by Gasteiger charge is 2.19. The summed E-state index contributed by atoms with van der Waals surface area (Å²) in [5.74, 6) is 1.91. The SMILES string of the molecule is CC(NCc1ccco1)C1CCCCC1. The van der Waals surface area contributed by atoms with Gasteiger partial charge in [0.1, 0.15) is 5.76 Å². The Bertz CT molecular complexity index is 262. The third kappa shape index (κ3) is 3.10. The van der Waals surface area contributed by atoms with Crippen molar-refractivity contribution in [3.63, 3.8) is 0 Å². The van der Waals surface area contributed by atoms with Gasteiger partial charge in [-0.1, -0.05) is 19.3 Å². The second-order valence-electron chi connectivity index (χ2n) is 4.65. The van der Waals surface area contributed by atoms with Gasteiger partial charge in [-0.2, -0.15) is 0 Å².